The second-order valence-corrected chi connectivity index (χ2v) is 5.47. The summed E-state index contributed by atoms with van der Waals surface area (Å²) in [6, 6.07) is 3.64. The number of benzene rings is 1. The smallest absolute Gasteiger partial charge is 0.376 e. The van der Waals surface area contributed by atoms with E-state index < -0.39 is 11.8 Å². The lowest BCUT2D eigenvalue weighted by atomic mass is 9.93. The third kappa shape index (κ3) is 1.75. The van der Waals surface area contributed by atoms with Crippen LogP contribution in [-0.2, 0) is 25.7 Å². The van der Waals surface area contributed by atoms with Crippen LogP contribution in [0.15, 0.2) is 18.3 Å². The number of hydrogen-bond donors (Lipinski definition) is 2. The zero-order chi connectivity index (χ0) is 14.7. The Bertz CT molecular complexity index is 686. The quantitative estimate of drug-likeness (QED) is 0.844. The highest BCUT2D eigenvalue weighted by Gasteiger charge is 2.52. The first-order chi connectivity index (χ1) is 9.22. The molecule has 2 aromatic rings. The maximum atomic E-state index is 13.1. The minimum atomic E-state index is -4.71. The summed E-state index contributed by atoms with van der Waals surface area (Å²) in [7, 11) is 1.69. The van der Waals surface area contributed by atoms with Gasteiger partial charge >= 0.3 is 6.18 Å². The fraction of sp³-hybridized carbons (Fsp3) is 0.429. The van der Waals surface area contributed by atoms with E-state index in [1.165, 1.54) is 6.20 Å². The highest BCUT2D eigenvalue weighted by atomic mass is 19.4. The van der Waals surface area contributed by atoms with Gasteiger partial charge in [-0.25, -0.2) is 0 Å². The zero-order valence-electron chi connectivity index (χ0n) is 11.2. The molecule has 0 fully saturated rings. The van der Waals surface area contributed by atoms with Gasteiger partial charge in [0.15, 0.2) is 5.60 Å². The maximum Gasteiger partial charge on any atom is 0.421 e. The Labute approximate surface area is 114 Å². The number of halogens is 3. The molecular formula is C14H15F3N2O. The fourth-order valence-electron chi connectivity index (χ4n) is 2.72. The number of nitrogens with one attached hydrogen (secondary N) is 1. The predicted molar refractivity (Wildman–Crippen MR) is 69.1 cm³/mol. The molecule has 3 rings (SSSR count). The lowest BCUT2D eigenvalue weighted by Crippen LogP contribution is -2.39. The Morgan fingerprint density at radius 2 is 1.80 bits per heavy atom. The first-order valence-electron chi connectivity index (χ1n) is 6.33. The SMILES string of the molecule is Cn1cc(C(C)(O)C(F)(F)F)c2cc3c(cc21)CNC3. The molecule has 0 amide bonds. The second kappa shape index (κ2) is 3.99. The molecule has 6 heteroatoms. The highest BCUT2D eigenvalue weighted by molar-refractivity contribution is 5.86. The number of aromatic nitrogens is 1. The van der Waals surface area contributed by atoms with E-state index in [1.54, 1.807) is 17.7 Å². The molecule has 2 N–H and O–H groups in total. The Morgan fingerprint density at radius 1 is 1.20 bits per heavy atom. The van der Waals surface area contributed by atoms with Crippen molar-refractivity contribution < 1.29 is 18.3 Å². The minimum Gasteiger partial charge on any atom is -0.376 e. The molecule has 1 aromatic carbocycles. The van der Waals surface area contributed by atoms with Gasteiger partial charge in [0.25, 0.3) is 0 Å². The van der Waals surface area contributed by atoms with Crippen molar-refractivity contribution in [2.75, 3.05) is 0 Å². The van der Waals surface area contributed by atoms with Crippen molar-refractivity contribution in [1.29, 1.82) is 0 Å². The fourth-order valence-corrected chi connectivity index (χ4v) is 2.72. The van der Waals surface area contributed by atoms with Gasteiger partial charge in [0.1, 0.15) is 0 Å². The molecule has 0 saturated carbocycles. The molecule has 0 aliphatic carbocycles. The largest absolute Gasteiger partial charge is 0.421 e. The number of aliphatic hydroxyl groups is 1. The van der Waals surface area contributed by atoms with Crippen LogP contribution in [0, 0.1) is 0 Å². The molecule has 1 aliphatic rings. The van der Waals surface area contributed by atoms with Crippen molar-refractivity contribution >= 4 is 10.9 Å². The number of hydrogen-bond acceptors (Lipinski definition) is 2. The lowest BCUT2D eigenvalue weighted by Gasteiger charge is -2.26. The predicted octanol–water partition coefficient (Wildman–Crippen LogP) is 2.55. The first-order valence-corrected chi connectivity index (χ1v) is 6.33. The van der Waals surface area contributed by atoms with E-state index >= 15 is 0 Å². The third-order valence-corrected chi connectivity index (χ3v) is 4.02. The summed E-state index contributed by atoms with van der Waals surface area (Å²) in [5.74, 6) is 0. The van der Waals surface area contributed by atoms with Crippen molar-refractivity contribution in [1.82, 2.24) is 9.88 Å². The van der Waals surface area contributed by atoms with Crippen molar-refractivity contribution in [3.63, 3.8) is 0 Å². The van der Waals surface area contributed by atoms with Gasteiger partial charge in [-0.05, 0) is 30.2 Å². The van der Waals surface area contributed by atoms with Crippen molar-refractivity contribution in [2.24, 2.45) is 7.05 Å². The van der Waals surface area contributed by atoms with Crippen molar-refractivity contribution in [3.8, 4) is 0 Å². The normalized spacial score (nSPS) is 18.3. The topological polar surface area (TPSA) is 37.2 Å². The number of nitrogens with zero attached hydrogens (tertiary/aromatic N) is 1. The van der Waals surface area contributed by atoms with E-state index in [4.69, 9.17) is 0 Å². The summed E-state index contributed by atoms with van der Waals surface area (Å²) < 4.78 is 40.8. The summed E-state index contributed by atoms with van der Waals surface area (Å²) in [5.41, 5.74) is -0.170. The molecule has 1 aliphatic heterocycles. The Balaban J connectivity index is 2.28. The summed E-state index contributed by atoms with van der Waals surface area (Å²) in [5, 5.41) is 13.6. The molecule has 20 heavy (non-hydrogen) atoms. The van der Waals surface area contributed by atoms with Crippen LogP contribution in [-0.4, -0.2) is 15.8 Å². The molecule has 0 radical (unpaired) electrons. The van der Waals surface area contributed by atoms with Crippen LogP contribution in [0.1, 0.15) is 23.6 Å². The molecule has 1 unspecified atom stereocenters. The summed E-state index contributed by atoms with van der Waals surface area (Å²) in [6.07, 6.45) is -3.35. The van der Waals surface area contributed by atoms with E-state index in [0.717, 1.165) is 24.6 Å². The highest BCUT2D eigenvalue weighted by Crippen LogP contribution is 2.42. The van der Waals surface area contributed by atoms with Crippen molar-refractivity contribution in [3.05, 3.63) is 35.0 Å². The number of alkyl halides is 3. The van der Waals surface area contributed by atoms with Gasteiger partial charge in [-0.15, -0.1) is 0 Å². The van der Waals surface area contributed by atoms with Gasteiger partial charge < -0.3 is 15.0 Å². The molecular weight excluding hydrogens is 269 g/mol. The molecule has 1 aromatic heterocycles. The summed E-state index contributed by atoms with van der Waals surface area (Å²) in [6.45, 7) is 2.17. The Kier molecular flexibility index (Phi) is 2.68. The second-order valence-electron chi connectivity index (χ2n) is 5.47. The average Bonchev–Trinajstić information content (AvgIpc) is 2.90. The van der Waals surface area contributed by atoms with Crippen LogP contribution >= 0.6 is 0 Å². The van der Waals surface area contributed by atoms with Crippen LogP contribution in [0.25, 0.3) is 10.9 Å². The van der Waals surface area contributed by atoms with Crippen LogP contribution in [0.4, 0.5) is 13.2 Å². The summed E-state index contributed by atoms with van der Waals surface area (Å²) in [4.78, 5) is 0. The van der Waals surface area contributed by atoms with E-state index in [9.17, 15) is 18.3 Å². The van der Waals surface area contributed by atoms with Gasteiger partial charge in [0.2, 0.25) is 0 Å². The van der Waals surface area contributed by atoms with E-state index in [2.05, 4.69) is 5.32 Å². The Hall–Kier alpha value is -1.53. The van der Waals surface area contributed by atoms with Crippen LogP contribution in [0.2, 0.25) is 0 Å². The zero-order valence-corrected chi connectivity index (χ0v) is 11.2. The first kappa shape index (κ1) is 13.5. The minimum absolute atomic E-state index is 0.0998. The molecule has 0 spiro atoms. The molecule has 2 heterocycles. The lowest BCUT2D eigenvalue weighted by molar-refractivity contribution is -0.258. The molecule has 0 saturated heterocycles. The molecule has 108 valence electrons. The Morgan fingerprint density at radius 3 is 2.40 bits per heavy atom. The van der Waals surface area contributed by atoms with E-state index in [1.807, 2.05) is 6.07 Å². The number of aryl methyl sites for hydroxylation is 1. The van der Waals surface area contributed by atoms with Gasteiger partial charge in [-0.2, -0.15) is 13.2 Å². The monoisotopic (exact) mass is 284 g/mol. The maximum absolute atomic E-state index is 13.1. The van der Waals surface area contributed by atoms with Crippen LogP contribution < -0.4 is 5.32 Å². The van der Waals surface area contributed by atoms with Crippen LogP contribution in [0.3, 0.4) is 0 Å². The van der Waals surface area contributed by atoms with Gasteiger partial charge in [-0.1, -0.05) is 0 Å². The van der Waals surface area contributed by atoms with Crippen molar-refractivity contribution in [2.45, 2.75) is 31.8 Å². The molecule has 0 bridgehead atoms. The third-order valence-electron chi connectivity index (χ3n) is 4.02. The van der Waals surface area contributed by atoms with E-state index in [0.29, 0.717) is 17.4 Å². The van der Waals surface area contributed by atoms with Gasteiger partial charge in [0.05, 0.1) is 0 Å². The average molecular weight is 284 g/mol. The van der Waals surface area contributed by atoms with Crippen LogP contribution in [0.5, 0.6) is 0 Å². The standard InChI is InChI=1S/C14H15F3N2O/c1-13(20,14(15,16)17)11-7-19(2)12-4-9-6-18-5-8(9)3-10(11)12/h3-4,7,18,20H,5-6H2,1-2H3. The number of fused-ring (bicyclic) bond motifs is 2. The van der Waals surface area contributed by atoms with Gasteiger partial charge in [0, 0.05) is 42.8 Å². The number of rotatable bonds is 1. The van der Waals surface area contributed by atoms with E-state index in [-0.39, 0.29) is 5.56 Å². The molecule has 3 nitrogen and oxygen atoms in total. The van der Waals surface area contributed by atoms with Gasteiger partial charge in [-0.3, -0.25) is 0 Å². The summed E-state index contributed by atoms with van der Waals surface area (Å²) >= 11 is 0. The molecule has 1 atom stereocenters.